The van der Waals surface area contributed by atoms with Gasteiger partial charge in [-0.2, -0.15) is 0 Å². The first-order valence-electron chi connectivity index (χ1n) is 11.0. The van der Waals surface area contributed by atoms with Crippen molar-refractivity contribution in [3.63, 3.8) is 0 Å². The molecule has 1 fully saturated rings. The van der Waals surface area contributed by atoms with Crippen LogP contribution < -0.4 is 10.6 Å². The summed E-state index contributed by atoms with van der Waals surface area (Å²) in [7, 11) is 0. The number of amides is 2. The molecule has 0 bridgehead atoms. The van der Waals surface area contributed by atoms with E-state index in [0.29, 0.717) is 17.3 Å². The first kappa shape index (κ1) is 23.5. The molecular weight excluding hydrogens is 477 g/mol. The van der Waals surface area contributed by atoms with Gasteiger partial charge in [0, 0.05) is 43.4 Å². The molecule has 12 heteroatoms. The third kappa shape index (κ3) is 4.30. The molecule has 4 aromatic rings. The molecule has 5 rings (SSSR count). The van der Waals surface area contributed by atoms with E-state index in [0.717, 1.165) is 0 Å². The summed E-state index contributed by atoms with van der Waals surface area (Å²) in [6.07, 6.45) is 3.33. The predicted octanol–water partition coefficient (Wildman–Crippen LogP) is 4.77. The van der Waals surface area contributed by atoms with Crippen molar-refractivity contribution in [2.75, 3.05) is 10.6 Å². The fraction of sp³-hybridized carbons (Fsp3) is 0.292. The zero-order chi connectivity index (χ0) is 25.8. The number of benzene rings is 1. The number of halogens is 3. The van der Waals surface area contributed by atoms with Gasteiger partial charge in [0.15, 0.2) is 5.89 Å². The van der Waals surface area contributed by atoms with Gasteiger partial charge >= 0.3 is 0 Å². The molecule has 3 heterocycles. The van der Waals surface area contributed by atoms with Gasteiger partial charge in [-0.05, 0) is 25.1 Å². The maximum Gasteiger partial charge on any atom is 0.293 e. The molecule has 0 aliphatic heterocycles. The van der Waals surface area contributed by atoms with Crippen LogP contribution in [0.2, 0.25) is 0 Å². The van der Waals surface area contributed by atoms with Gasteiger partial charge in [0.05, 0.1) is 28.7 Å². The predicted molar refractivity (Wildman–Crippen MR) is 123 cm³/mol. The summed E-state index contributed by atoms with van der Waals surface area (Å²) < 4.78 is 48.0. The number of nitrogens with zero attached hydrogens (tertiary/aromatic N) is 4. The molecule has 9 nitrogen and oxygen atoms in total. The van der Waals surface area contributed by atoms with Crippen LogP contribution in [0.15, 0.2) is 41.2 Å². The van der Waals surface area contributed by atoms with Crippen LogP contribution in [-0.2, 0) is 4.79 Å². The van der Waals surface area contributed by atoms with Gasteiger partial charge in [0.25, 0.3) is 5.91 Å². The lowest BCUT2D eigenvalue weighted by atomic mass is 9.67. The Balaban J connectivity index is 1.37. The summed E-state index contributed by atoms with van der Waals surface area (Å²) in [5, 5.41) is 5.26. The molecule has 1 aliphatic carbocycles. The molecule has 2 N–H and O–H groups in total. The van der Waals surface area contributed by atoms with E-state index in [1.54, 1.807) is 13.8 Å². The number of alkyl halides is 2. The number of imidazole rings is 1. The maximum absolute atomic E-state index is 14.7. The van der Waals surface area contributed by atoms with Crippen LogP contribution >= 0.6 is 0 Å². The molecule has 0 atom stereocenters. The normalized spacial score (nSPS) is 15.9. The third-order valence-corrected chi connectivity index (χ3v) is 6.02. The number of nitrogens with one attached hydrogen (secondary N) is 2. The van der Waals surface area contributed by atoms with E-state index in [9.17, 15) is 22.8 Å². The Morgan fingerprint density at radius 2 is 1.83 bits per heavy atom. The number of anilines is 2. The fourth-order valence-electron chi connectivity index (χ4n) is 4.34. The lowest BCUT2D eigenvalue weighted by molar-refractivity contribution is -0.170. The molecule has 36 heavy (non-hydrogen) atoms. The van der Waals surface area contributed by atoms with Crippen molar-refractivity contribution in [3.05, 3.63) is 60.0 Å². The van der Waals surface area contributed by atoms with Crippen molar-refractivity contribution in [3.8, 4) is 11.3 Å². The van der Waals surface area contributed by atoms with Crippen LogP contribution in [-0.4, -0.2) is 37.1 Å². The number of hydrogen-bond acceptors (Lipinski definition) is 6. The van der Waals surface area contributed by atoms with Crippen LogP contribution in [0.1, 0.15) is 41.9 Å². The van der Waals surface area contributed by atoms with Crippen LogP contribution in [0.3, 0.4) is 0 Å². The number of fused-ring (bicyclic) bond motifs is 1. The number of carbonyl (C=O) groups excluding carboxylic acids is 2. The van der Waals surface area contributed by atoms with Gasteiger partial charge in [0.2, 0.25) is 23.4 Å². The minimum absolute atomic E-state index is 0.0596. The first-order chi connectivity index (χ1) is 16.9. The van der Waals surface area contributed by atoms with Crippen molar-refractivity contribution < 1.29 is 27.2 Å². The molecule has 3 aromatic heterocycles. The third-order valence-electron chi connectivity index (χ3n) is 6.02. The van der Waals surface area contributed by atoms with Gasteiger partial charge in [-0.15, -0.1) is 0 Å². The van der Waals surface area contributed by atoms with Gasteiger partial charge in [-0.1, -0.05) is 6.92 Å². The zero-order valence-corrected chi connectivity index (χ0v) is 19.5. The van der Waals surface area contributed by atoms with Gasteiger partial charge in [-0.25, -0.2) is 28.1 Å². The second kappa shape index (κ2) is 8.18. The van der Waals surface area contributed by atoms with E-state index in [1.807, 2.05) is 0 Å². The fourth-order valence-corrected chi connectivity index (χ4v) is 4.34. The summed E-state index contributed by atoms with van der Waals surface area (Å²) in [5.74, 6) is -3.82. The molecule has 186 valence electrons. The average molecular weight is 498 g/mol. The monoisotopic (exact) mass is 498 g/mol. The number of aryl methyl sites for hydroxylation is 2. The Morgan fingerprint density at radius 1 is 1.08 bits per heavy atom. The Bertz CT molecular complexity index is 1520. The largest absolute Gasteiger partial charge is 0.436 e. The Morgan fingerprint density at radius 3 is 2.50 bits per heavy atom. The molecule has 0 radical (unpaired) electrons. The van der Waals surface area contributed by atoms with E-state index in [1.165, 1.54) is 48.1 Å². The highest BCUT2D eigenvalue weighted by Crippen LogP contribution is 2.52. The van der Waals surface area contributed by atoms with Gasteiger partial charge in [-0.3, -0.25) is 14.0 Å². The topological polar surface area (TPSA) is 114 Å². The minimum atomic E-state index is -2.84. The van der Waals surface area contributed by atoms with E-state index < -0.39 is 41.8 Å². The van der Waals surface area contributed by atoms with Crippen molar-refractivity contribution >= 4 is 29.0 Å². The maximum atomic E-state index is 14.7. The minimum Gasteiger partial charge on any atom is -0.436 e. The summed E-state index contributed by atoms with van der Waals surface area (Å²) in [5.41, 5.74) is 0.216. The van der Waals surface area contributed by atoms with Crippen LogP contribution in [0.25, 0.3) is 17.0 Å². The second-order valence-electron chi connectivity index (χ2n) is 9.20. The highest BCUT2D eigenvalue weighted by atomic mass is 19.3. The molecule has 2 amide bonds. The number of rotatable bonds is 5. The Labute approximate surface area is 202 Å². The Kier molecular flexibility index (Phi) is 5.34. The zero-order valence-electron chi connectivity index (χ0n) is 19.5. The number of hydrogen-bond donors (Lipinski definition) is 2. The summed E-state index contributed by atoms with van der Waals surface area (Å²) in [6.45, 7) is 4.75. The van der Waals surface area contributed by atoms with Gasteiger partial charge < -0.3 is 15.1 Å². The van der Waals surface area contributed by atoms with E-state index in [4.69, 9.17) is 4.42 Å². The van der Waals surface area contributed by atoms with Crippen molar-refractivity contribution in [2.45, 2.75) is 39.5 Å². The molecule has 1 saturated carbocycles. The smallest absolute Gasteiger partial charge is 0.293 e. The van der Waals surface area contributed by atoms with Gasteiger partial charge in [0.1, 0.15) is 5.82 Å². The average Bonchev–Trinajstić information content (AvgIpc) is 3.35. The lowest BCUT2D eigenvalue weighted by Gasteiger charge is -2.43. The molecule has 1 aromatic carbocycles. The quantitative estimate of drug-likeness (QED) is 0.410. The SMILES string of the molecule is Cc1nc(C)c(C(=O)Nc2ccc(F)c(-c3cn4cc(NC(=O)C5(C)CC(F)(F)C5)cnc4n3)c2)o1. The highest BCUT2D eigenvalue weighted by Gasteiger charge is 2.57. The molecule has 0 unspecified atom stereocenters. The van der Waals surface area contributed by atoms with Crippen molar-refractivity contribution in [1.82, 2.24) is 19.4 Å². The summed E-state index contributed by atoms with van der Waals surface area (Å²) >= 11 is 0. The molecule has 0 saturated heterocycles. The van der Waals surface area contributed by atoms with E-state index >= 15 is 0 Å². The second-order valence-corrected chi connectivity index (χ2v) is 9.20. The van der Waals surface area contributed by atoms with Crippen molar-refractivity contribution in [2.24, 2.45) is 5.41 Å². The summed E-state index contributed by atoms with van der Waals surface area (Å²) in [6, 6.07) is 4.02. The molecule has 1 aliphatic rings. The van der Waals surface area contributed by atoms with Crippen LogP contribution in [0, 0.1) is 25.1 Å². The van der Waals surface area contributed by atoms with Crippen LogP contribution in [0.4, 0.5) is 24.5 Å². The molecular formula is C24H21F3N6O3. The first-order valence-corrected chi connectivity index (χ1v) is 11.0. The molecule has 0 spiro atoms. The Hall–Kier alpha value is -4.22. The van der Waals surface area contributed by atoms with E-state index in [2.05, 4.69) is 25.6 Å². The number of carbonyl (C=O) groups is 2. The lowest BCUT2D eigenvalue weighted by Crippen LogP contribution is -2.51. The standard InChI is InChI=1S/C24H21F3N6O3/c1-12-19(36-13(2)29-12)20(34)30-14-4-5-17(25)16(6-14)18-9-33-8-15(7-28-22(33)32-18)31-21(35)23(3)10-24(26,27)11-23/h4-9H,10-11H2,1-3H3,(H,30,34)(H,31,35). The number of oxazole rings is 1. The number of aromatic nitrogens is 4. The van der Waals surface area contributed by atoms with Crippen LogP contribution in [0.5, 0.6) is 0 Å². The summed E-state index contributed by atoms with van der Waals surface area (Å²) in [4.78, 5) is 37.5. The highest BCUT2D eigenvalue weighted by molar-refractivity contribution is 6.03. The van der Waals surface area contributed by atoms with E-state index in [-0.39, 0.29) is 28.5 Å². The van der Waals surface area contributed by atoms with Crippen molar-refractivity contribution in [1.29, 1.82) is 0 Å².